The van der Waals surface area contributed by atoms with Crippen molar-refractivity contribution in [3.05, 3.63) is 12.4 Å². The number of likely N-dealkylation sites (tertiary alicyclic amines) is 1. The fraction of sp³-hybridized carbons (Fsp3) is 0.692. The molecular weight excluding hydrogens is 242 g/mol. The molecule has 6 heteroatoms. The average molecular weight is 265 g/mol. The van der Waals surface area contributed by atoms with Crippen molar-refractivity contribution in [3.63, 3.8) is 0 Å². The zero-order chi connectivity index (χ0) is 13.7. The minimum atomic E-state index is 0.000945. The van der Waals surface area contributed by atoms with E-state index in [0.29, 0.717) is 11.6 Å². The first-order chi connectivity index (χ1) is 9.17. The van der Waals surface area contributed by atoms with Crippen LogP contribution in [0, 0.1) is 5.92 Å². The summed E-state index contributed by atoms with van der Waals surface area (Å²) in [4.78, 5) is 14.2. The zero-order valence-corrected chi connectivity index (χ0v) is 11.5. The first-order valence-corrected chi connectivity index (χ1v) is 6.94. The summed E-state index contributed by atoms with van der Waals surface area (Å²) in [5.74, 6) is 0.607. The maximum absolute atomic E-state index is 11.8. The van der Waals surface area contributed by atoms with E-state index in [9.17, 15) is 4.79 Å². The molecule has 1 aromatic heterocycles. The van der Waals surface area contributed by atoms with Gasteiger partial charge in [-0.1, -0.05) is 6.92 Å². The molecule has 1 saturated heterocycles. The fourth-order valence-electron chi connectivity index (χ4n) is 2.43. The first-order valence-electron chi connectivity index (χ1n) is 6.94. The number of nitrogens with one attached hydrogen (secondary N) is 1. The summed E-state index contributed by atoms with van der Waals surface area (Å²) >= 11 is 0. The minimum Gasteiger partial charge on any atom is -0.396 e. The van der Waals surface area contributed by atoms with Gasteiger partial charge in [-0.05, 0) is 38.4 Å². The molecule has 0 aromatic carbocycles. The molecule has 2 heterocycles. The number of nitrogen functional groups attached to an aromatic ring is 1. The molecule has 19 heavy (non-hydrogen) atoms. The Morgan fingerprint density at radius 2 is 2.26 bits per heavy atom. The third-order valence-electron chi connectivity index (χ3n) is 3.70. The lowest BCUT2D eigenvalue weighted by atomic mass is 9.97. The van der Waals surface area contributed by atoms with Gasteiger partial charge in [0.25, 0.3) is 0 Å². The Morgan fingerprint density at radius 1 is 1.53 bits per heavy atom. The lowest BCUT2D eigenvalue weighted by Gasteiger charge is -2.31. The van der Waals surface area contributed by atoms with Crippen LogP contribution < -0.4 is 11.1 Å². The number of carbonyl (C=O) groups excluding carboxylic acids is 1. The van der Waals surface area contributed by atoms with Gasteiger partial charge in [0.1, 0.15) is 6.54 Å². The molecule has 0 bridgehead atoms. The average Bonchev–Trinajstić information content (AvgIpc) is 2.82. The molecule has 6 nitrogen and oxygen atoms in total. The van der Waals surface area contributed by atoms with E-state index in [1.807, 2.05) is 0 Å². The Hall–Kier alpha value is -1.56. The third-order valence-corrected chi connectivity index (χ3v) is 3.70. The Balaban J connectivity index is 1.67. The highest BCUT2D eigenvalue weighted by molar-refractivity contribution is 5.75. The Labute approximate surface area is 113 Å². The Kier molecular flexibility index (Phi) is 4.79. The molecule has 0 unspecified atom stereocenters. The molecule has 1 amide bonds. The van der Waals surface area contributed by atoms with Crippen LogP contribution in [0.3, 0.4) is 0 Å². The van der Waals surface area contributed by atoms with Gasteiger partial charge in [0.05, 0.1) is 11.9 Å². The number of nitrogens with zero attached hydrogens (tertiary/aromatic N) is 3. The van der Waals surface area contributed by atoms with Gasteiger partial charge in [-0.3, -0.25) is 9.48 Å². The molecule has 1 fully saturated rings. The Bertz CT molecular complexity index is 409. The van der Waals surface area contributed by atoms with E-state index in [1.54, 1.807) is 17.1 Å². The second-order valence-corrected chi connectivity index (χ2v) is 5.15. The zero-order valence-electron chi connectivity index (χ0n) is 11.5. The summed E-state index contributed by atoms with van der Waals surface area (Å²) in [6.07, 6.45) is 5.55. The number of hydrogen-bond donors (Lipinski definition) is 2. The standard InChI is InChI=1S/C13H23N5O/c1-2-17-5-3-11(4-6-17)7-15-13(19)10-18-9-12(14)8-16-18/h8-9,11H,2-7,10,14H2,1H3,(H,15,19). The Morgan fingerprint density at radius 3 is 2.84 bits per heavy atom. The third kappa shape index (κ3) is 4.24. The van der Waals surface area contributed by atoms with E-state index in [2.05, 4.69) is 22.2 Å². The van der Waals surface area contributed by atoms with Crippen molar-refractivity contribution in [1.82, 2.24) is 20.0 Å². The quantitative estimate of drug-likeness (QED) is 0.803. The van der Waals surface area contributed by atoms with Crippen LogP contribution in [0.1, 0.15) is 19.8 Å². The number of anilines is 1. The van der Waals surface area contributed by atoms with Crippen LogP contribution >= 0.6 is 0 Å². The molecule has 0 spiro atoms. The maximum atomic E-state index is 11.8. The van der Waals surface area contributed by atoms with Crippen LogP contribution in [0.4, 0.5) is 5.69 Å². The highest BCUT2D eigenvalue weighted by atomic mass is 16.2. The van der Waals surface area contributed by atoms with Crippen LogP contribution in [0.2, 0.25) is 0 Å². The number of nitrogens with two attached hydrogens (primary N) is 1. The molecule has 2 rings (SSSR count). The summed E-state index contributed by atoms with van der Waals surface area (Å²) in [5, 5.41) is 6.98. The second-order valence-electron chi connectivity index (χ2n) is 5.15. The highest BCUT2D eigenvalue weighted by Crippen LogP contribution is 2.15. The topological polar surface area (TPSA) is 76.2 Å². The van der Waals surface area contributed by atoms with Gasteiger partial charge < -0.3 is 16.0 Å². The van der Waals surface area contributed by atoms with Crippen molar-refractivity contribution >= 4 is 11.6 Å². The fourth-order valence-corrected chi connectivity index (χ4v) is 2.43. The number of aromatic nitrogens is 2. The number of amides is 1. The summed E-state index contributed by atoms with van der Waals surface area (Å²) in [5.41, 5.74) is 6.13. The summed E-state index contributed by atoms with van der Waals surface area (Å²) < 4.78 is 1.56. The minimum absolute atomic E-state index is 0.000945. The molecule has 3 N–H and O–H groups in total. The summed E-state index contributed by atoms with van der Waals surface area (Å²) in [7, 11) is 0. The second kappa shape index (κ2) is 6.56. The van der Waals surface area contributed by atoms with E-state index in [4.69, 9.17) is 5.73 Å². The van der Waals surface area contributed by atoms with Gasteiger partial charge in [-0.15, -0.1) is 0 Å². The molecule has 0 atom stereocenters. The van der Waals surface area contributed by atoms with Crippen LogP contribution in [0.5, 0.6) is 0 Å². The van der Waals surface area contributed by atoms with Gasteiger partial charge in [-0.2, -0.15) is 5.10 Å². The highest BCUT2D eigenvalue weighted by Gasteiger charge is 2.18. The van der Waals surface area contributed by atoms with Crippen molar-refractivity contribution in [3.8, 4) is 0 Å². The summed E-state index contributed by atoms with van der Waals surface area (Å²) in [6.45, 7) is 6.62. The van der Waals surface area contributed by atoms with Crippen LogP contribution in [0.15, 0.2) is 12.4 Å². The predicted octanol–water partition coefficient (Wildman–Crippen LogP) is 0.313. The van der Waals surface area contributed by atoms with Crippen molar-refractivity contribution < 1.29 is 4.79 Å². The molecule has 1 aliphatic rings. The van der Waals surface area contributed by atoms with E-state index in [-0.39, 0.29) is 12.5 Å². The van der Waals surface area contributed by atoms with E-state index < -0.39 is 0 Å². The number of carbonyl (C=O) groups is 1. The molecule has 106 valence electrons. The largest absolute Gasteiger partial charge is 0.396 e. The van der Waals surface area contributed by atoms with Gasteiger partial charge >= 0.3 is 0 Å². The number of hydrogen-bond acceptors (Lipinski definition) is 4. The maximum Gasteiger partial charge on any atom is 0.241 e. The number of rotatable bonds is 5. The monoisotopic (exact) mass is 265 g/mol. The molecular formula is C13H23N5O. The van der Waals surface area contributed by atoms with Crippen molar-refractivity contribution in [2.75, 3.05) is 31.9 Å². The van der Waals surface area contributed by atoms with Crippen LogP contribution in [-0.2, 0) is 11.3 Å². The van der Waals surface area contributed by atoms with Crippen molar-refractivity contribution in [2.24, 2.45) is 5.92 Å². The van der Waals surface area contributed by atoms with Gasteiger partial charge in [-0.25, -0.2) is 0 Å². The van der Waals surface area contributed by atoms with E-state index in [1.165, 1.54) is 12.8 Å². The van der Waals surface area contributed by atoms with Crippen LogP contribution in [-0.4, -0.2) is 46.8 Å². The molecule has 0 radical (unpaired) electrons. The molecule has 0 aliphatic carbocycles. The molecule has 1 aliphatic heterocycles. The van der Waals surface area contributed by atoms with E-state index >= 15 is 0 Å². The smallest absolute Gasteiger partial charge is 0.241 e. The SMILES string of the molecule is CCN1CCC(CNC(=O)Cn2cc(N)cn2)CC1. The van der Waals surface area contributed by atoms with Gasteiger partial charge in [0.2, 0.25) is 5.91 Å². The first kappa shape index (κ1) is 13.9. The lowest BCUT2D eigenvalue weighted by Crippen LogP contribution is -2.39. The van der Waals surface area contributed by atoms with E-state index in [0.717, 1.165) is 26.2 Å². The normalized spacial score (nSPS) is 17.5. The molecule has 0 saturated carbocycles. The number of piperidine rings is 1. The van der Waals surface area contributed by atoms with Gasteiger partial charge in [0, 0.05) is 12.7 Å². The molecule has 1 aromatic rings. The van der Waals surface area contributed by atoms with Crippen molar-refractivity contribution in [1.29, 1.82) is 0 Å². The predicted molar refractivity (Wildman–Crippen MR) is 74.5 cm³/mol. The van der Waals surface area contributed by atoms with Gasteiger partial charge in [0.15, 0.2) is 0 Å². The lowest BCUT2D eigenvalue weighted by molar-refractivity contribution is -0.122. The summed E-state index contributed by atoms with van der Waals surface area (Å²) in [6, 6.07) is 0. The van der Waals surface area contributed by atoms with Crippen LogP contribution in [0.25, 0.3) is 0 Å². The van der Waals surface area contributed by atoms with Crippen molar-refractivity contribution in [2.45, 2.75) is 26.3 Å².